The number of nitrogens with zero attached hydrogens (tertiary/aromatic N) is 1. The van der Waals surface area contributed by atoms with Crippen molar-refractivity contribution in [3.63, 3.8) is 0 Å². The molecule has 16 heavy (non-hydrogen) atoms. The summed E-state index contributed by atoms with van der Waals surface area (Å²) >= 11 is 0. The molecule has 0 saturated carbocycles. The van der Waals surface area contributed by atoms with Crippen LogP contribution in [0.2, 0.25) is 0 Å². The van der Waals surface area contributed by atoms with Crippen molar-refractivity contribution in [2.75, 3.05) is 14.1 Å². The second-order valence-corrected chi connectivity index (χ2v) is 4.30. The highest BCUT2D eigenvalue weighted by atomic mass is 16.1. The first-order valence-electron chi connectivity index (χ1n) is 5.62. The number of carbonyl (C=O) groups excluding carboxylic acids is 1. The Labute approximate surface area is 97.0 Å². The fourth-order valence-corrected chi connectivity index (χ4v) is 1.87. The van der Waals surface area contributed by atoms with Gasteiger partial charge in [-0.15, -0.1) is 0 Å². The van der Waals surface area contributed by atoms with E-state index in [-0.39, 0.29) is 5.91 Å². The van der Waals surface area contributed by atoms with Gasteiger partial charge < -0.3 is 15.2 Å². The van der Waals surface area contributed by atoms with Gasteiger partial charge in [-0.3, -0.25) is 4.79 Å². The van der Waals surface area contributed by atoms with E-state index in [1.807, 2.05) is 24.0 Å². The molecule has 0 saturated heterocycles. The van der Waals surface area contributed by atoms with E-state index in [0.717, 1.165) is 0 Å². The molecule has 0 aliphatic rings. The minimum atomic E-state index is 0.0210. The molecule has 4 nitrogen and oxygen atoms in total. The Kier molecular flexibility index (Phi) is 4.55. The third kappa shape index (κ3) is 3.10. The zero-order valence-electron chi connectivity index (χ0n) is 10.4. The fourth-order valence-electron chi connectivity index (χ4n) is 1.87. The van der Waals surface area contributed by atoms with Gasteiger partial charge in [0.1, 0.15) is 6.54 Å². The Morgan fingerprint density at radius 3 is 2.62 bits per heavy atom. The Balaban J connectivity index is 2.73. The van der Waals surface area contributed by atoms with E-state index in [4.69, 9.17) is 0 Å². The van der Waals surface area contributed by atoms with Crippen LogP contribution in [0.5, 0.6) is 0 Å². The topological polar surface area (TPSA) is 46.1 Å². The second kappa shape index (κ2) is 5.70. The standard InChI is InChI=1S/C12H21N3O/c1-9(2)12(14-4)10-5-6-15(7-10)8-11(16)13-3/h5-7,9,12,14H,8H2,1-4H3,(H,13,16). The summed E-state index contributed by atoms with van der Waals surface area (Å²) in [6.45, 7) is 4.74. The molecule has 1 rings (SSSR count). The molecular weight excluding hydrogens is 202 g/mol. The van der Waals surface area contributed by atoms with E-state index in [1.54, 1.807) is 7.05 Å². The average Bonchev–Trinajstić information content (AvgIpc) is 2.66. The van der Waals surface area contributed by atoms with Crippen LogP contribution in [0.25, 0.3) is 0 Å². The second-order valence-electron chi connectivity index (χ2n) is 4.30. The highest BCUT2D eigenvalue weighted by Crippen LogP contribution is 2.21. The summed E-state index contributed by atoms with van der Waals surface area (Å²) in [6, 6.07) is 2.40. The van der Waals surface area contributed by atoms with Crippen molar-refractivity contribution >= 4 is 5.91 Å². The molecule has 1 aromatic rings. The molecule has 0 radical (unpaired) electrons. The molecule has 1 aromatic heterocycles. The number of hydrogen-bond acceptors (Lipinski definition) is 2. The van der Waals surface area contributed by atoms with Crippen molar-refractivity contribution < 1.29 is 4.79 Å². The van der Waals surface area contributed by atoms with Crippen molar-refractivity contribution in [3.05, 3.63) is 24.0 Å². The zero-order valence-corrected chi connectivity index (χ0v) is 10.4. The monoisotopic (exact) mass is 223 g/mol. The lowest BCUT2D eigenvalue weighted by Crippen LogP contribution is -2.23. The van der Waals surface area contributed by atoms with Crippen LogP contribution in [-0.2, 0) is 11.3 Å². The molecule has 0 bridgehead atoms. The van der Waals surface area contributed by atoms with Crippen LogP contribution in [0.1, 0.15) is 25.5 Å². The van der Waals surface area contributed by atoms with Gasteiger partial charge in [-0.05, 0) is 24.6 Å². The van der Waals surface area contributed by atoms with Gasteiger partial charge in [0, 0.05) is 25.5 Å². The van der Waals surface area contributed by atoms with Crippen molar-refractivity contribution in [2.24, 2.45) is 5.92 Å². The van der Waals surface area contributed by atoms with Crippen molar-refractivity contribution in [3.8, 4) is 0 Å². The third-order valence-electron chi connectivity index (χ3n) is 2.72. The predicted octanol–water partition coefficient (Wildman–Crippen LogP) is 1.15. The van der Waals surface area contributed by atoms with Crippen LogP contribution in [-0.4, -0.2) is 24.6 Å². The summed E-state index contributed by atoms with van der Waals surface area (Å²) in [5.74, 6) is 0.550. The molecule has 0 aliphatic carbocycles. The molecular formula is C12H21N3O. The Morgan fingerprint density at radius 2 is 2.12 bits per heavy atom. The number of amides is 1. The van der Waals surface area contributed by atoms with Gasteiger partial charge in [0.25, 0.3) is 0 Å². The van der Waals surface area contributed by atoms with E-state index >= 15 is 0 Å². The van der Waals surface area contributed by atoms with Crippen LogP contribution < -0.4 is 10.6 Å². The Morgan fingerprint density at radius 1 is 1.44 bits per heavy atom. The van der Waals surface area contributed by atoms with Crippen molar-refractivity contribution in [1.29, 1.82) is 0 Å². The molecule has 0 spiro atoms. The van der Waals surface area contributed by atoms with Crippen molar-refractivity contribution in [2.45, 2.75) is 26.4 Å². The van der Waals surface area contributed by atoms with Gasteiger partial charge in [-0.25, -0.2) is 0 Å². The molecule has 1 amide bonds. The van der Waals surface area contributed by atoms with Crippen LogP contribution in [0, 0.1) is 5.92 Å². The lowest BCUT2D eigenvalue weighted by atomic mass is 9.99. The van der Waals surface area contributed by atoms with Crippen LogP contribution in [0.4, 0.5) is 0 Å². The van der Waals surface area contributed by atoms with E-state index in [1.165, 1.54) is 5.56 Å². The predicted molar refractivity (Wildman–Crippen MR) is 65.1 cm³/mol. The average molecular weight is 223 g/mol. The van der Waals surface area contributed by atoms with Crippen LogP contribution in [0.3, 0.4) is 0 Å². The molecule has 0 fully saturated rings. The number of likely N-dealkylation sites (N-methyl/N-ethyl adjacent to an activating group) is 1. The summed E-state index contributed by atoms with van der Waals surface area (Å²) in [4.78, 5) is 11.2. The highest BCUT2D eigenvalue weighted by molar-refractivity contribution is 5.75. The maximum atomic E-state index is 11.2. The number of hydrogen-bond donors (Lipinski definition) is 2. The molecule has 1 atom stereocenters. The van der Waals surface area contributed by atoms with Gasteiger partial charge in [-0.2, -0.15) is 0 Å². The Hall–Kier alpha value is -1.29. The quantitative estimate of drug-likeness (QED) is 0.786. The zero-order chi connectivity index (χ0) is 12.1. The van der Waals surface area contributed by atoms with E-state index in [2.05, 4.69) is 30.5 Å². The molecule has 2 N–H and O–H groups in total. The fraction of sp³-hybridized carbons (Fsp3) is 0.583. The van der Waals surface area contributed by atoms with Crippen LogP contribution >= 0.6 is 0 Å². The minimum Gasteiger partial charge on any atom is -0.358 e. The summed E-state index contributed by atoms with van der Waals surface area (Å²) in [5, 5.41) is 5.90. The first kappa shape index (κ1) is 12.8. The van der Waals surface area contributed by atoms with E-state index < -0.39 is 0 Å². The molecule has 4 heteroatoms. The summed E-state index contributed by atoms with van der Waals surface area (Å²) < 4.78 is 1.90. The summed E-state index contributed by atoms with van der Waals surface area (Å²) in [7, 11) is 3.61. The Bertz CT molecular complexity index is 344. The van der Waals surface area contributed by atoms with Gasteiger partial charge in [0.05, 0.1) is 0 Å². The lowest BCUT2D eigenvalue weighted by Gasteiger charge is -2.18. The number of nitrogens with one attached hydrogen (secondary N) is 2. The van der Waals surface area contributed by atoms with E-state index in [9.17, 15) is 4.79 Å². The maximum absolute atomic E-state index is 11.2. The number of carbonyl (C=O) groups is 1. The first-order valence-corrected chi connectivity index (χ1v) is 5.62. The largest absolute Gasteiger partial charge is 0.358 e. The molecule has 1 heterocycles. The van der Waals surface area contributed by atoms with Gasteiger partial charge in [0.15, 0.2) is 0 Å². The SMILES string of the molecule is CNC(=O)Cn1ccc(C(NC)C(C)C)c1. The van der Waals surface area contributed by atoms with Gasteiger partial charge in [0.2, 0.25) is 5.91 Å². The third-order valence-corrected chi connectivity index (χ3v) is 2.72. The van der Waals surface area contributed by atoms with Gasteiger partial charge in [-0.1, -0.05) is 13.8 Å². The molecule has 0 aromatic carbocycles. The number of aromatic nitrogens is 1. The summed E-state index contributed by atoms with van der Waals surface area (Å²) in [5.41, 5.74) is 1.22. The highest BCUT2D eigenvalue weighted by Gasteiger charge is 2.14. The maximum Gasteiger partial charge on any atom is 0.239 e. The van der Waals surface area contributed by atoms with E-state index in [0.29, 0.717) is 18.5 Å². The smallest absolute Gasteiger partial charge is 0.239 e. The number of rotatable bonds is 5. The van der Waals surface area contributed by atoms with Gasteiger partial charge >= 0.3 is 0 Å². The van der Waals surface area contributed by atoms with Crippen LogP contribution in [0.15, 0.2) is 18.5 Å². The first-order chi connectivity index (χ1) is 7.58. The minimum absolute atomic E-state index is 0.0210. The molecule has 1 unspecified atom stereocenters. The molecule has 90 valence electrons. The lowest BCUT2D eigenvalue weighted by molar-refractivity contribution is -0.121. The summed E-state index contributed by atoms with van der Waals surface area (Å²) in [6.07, 6.45) is 3.97. The van der Waals surface area contributed by atoms with Crippen molar-refractivity contribution in [1.82, 2.24) is 15.2 Å². The normalized spacial score (nSPS) is 12.8. The molecule has 0 aliphatic heterocycles.